The standard InChI is InChI=1S/C14H20N4O2S/c15-8-6-12-18(13-14-7-2-3-9-16-14)21(19,20)17-10-4-1-5-11-17/h2-3,7,9H,1,4-6,10-13H2. The fourth-order valence-corrected chi connectivity index (χ4v) is 4.05. The summed E-state index contributed by atoms with van der Waals surface area (Å²) in [6.07, 6.45) is 4.69. The predicted octanol–water partition coefficient (Wildman–Crippen LogP) is 1.53. The SMILES string of the molecule is N#CCCN(Cc1ccccn1)S(=O)(=O)N1CCCCC1. The first-order valence-electron chi connectivity index (χ1n) is 7.16. The number of hydrogen-bond donors (Lipinski definition) is 0. The molecule has 0 radical (unpaired) electrons. The molecule has 114 valence electrons. The largest absolute Gasteiger partial charge is 0.282 e. The lowest BCUT2D eigenvalue weighted by Gasteiger charge is -2.31. The van der Waals surface area contributed by atoms with E-state index in [1.54, 1.807) is 18.3 Å². The van der Waals surface area contributed by atoms with Crippen molar-refractivity contribution in [1.82, 2.24) is 13.6 Å². The summed E-state index contributed by atoms with van der Waals surface area (Å²) in [4.78, 5) is 4.18. The van der Waals surface area contributed by atoms with Crippen molar-refractivity contribution in [2.45, 2.75) is 32.2 Å². The maximum absolute atomic E-state index is 12.7. The first-order chi connectivity index (χ1) is 10.1. The molecule has 1 aromatic rings. The summed E-state index contributed by atoms with van der Waals surface area (Å²) >= 11 is 0. The fourth-order valence-electron chi connectivity index (χ4n) is 2.38. The van der Waals surface area contributed by atoms with Gasteiger partial charge in [0.15, 0.2) is 0 Å². The van der Waals surface area contributed by atoms with Crippen molar-refractivity contribution in [3.63, 3.8) is 0 Å². The van der Waals surface area contributed by atoms with E-state index < -0.39 is 10.2 Å². The summed E-state index contributed by atoms with van der Waals surface area (Å²) in [6.45, 7) is 1.54. The Kier molecular flexibility index (Phi) is 5.67. The number of nitriles is 1. The zero-order valence-corrected chi connectivity index (χ0v) is 12.8. The Morgan fingerprint density at radius 3 is 2.67 bits per heavy atom. The van der Waals surface area contributed by atoms with Crippen molar-refractivity contribution in [2.75, 3.05) is 19.6 Å². The van der Waals surface area contributed by atoms with Crippen LogP contribution in [0.5, 0.6) is 0 Å². The van der Waals surface area contributed by atoms with E-state index >= 15 is 0 Å². The Balaban J connectivity index is 2.16. The molecular weight excluding hydrogens is 288 g/mol. The van der Waals surface area contributed by atoms with Crippen LogP contribution in [0.25, 0.3) is 0 Å². The Morgan fingerprint density at radius 1 is 1.29 bits per heavy atom. The Bertz CT molecular complexity index is 577. The lowest BCUT2D eigenvalue weighted by Crippen LogP contribution is -2.46. The molecule has 2 rings (SSSR count). The Morgan fingerprint density at radius 2 is 2.05 bits per heavy atom. The molecule has 1 aliphatic rings. The third-order valence-electron chi connectivity index (χ3n) is 3.51. The van der Waals surface area contributed by atoms with E-state index in [0.29, 0.717) is 18.8 Å². The molecule has 0 atom stereocenters. The highest BCUT2D eigenvalue weighted by molar-refractivity contribution is 7.86. The zero-order valence-electron chi connectivity index (χ0n) is 12.0. The van der Waals surface area contributed by atoms with E-state index in [1.165, 1.54) is 8.61 Å². The van der Waals surface area contributed by atoms with Gasteiger partial charge < -0.3 is 0 Å². The van der Waals surface area contributed by atoms with Crippen LogP contribution in [0.15, 0.2) is 24.4 Å². The molecule has 0 amide bonds. The number of nitrogens with zero attached hydrogens (tertiary/aromatic N) is 4. The molecule has 1 fully saturated rings. The minimum Gasteiger partial charge on any atom is -0.260 e. The molecule has 21 heavy (non-hydrogen) atoms. The van der Waals surface area contributed by atoms with E-state index in [1.807, 2.05) is 12.1 Å². The van der Waals surface area contributed by atoms with E-state index in [9.17, 15) is 8.42 Å². The summed E-state index contributed by atoms with van der Waals surface area (Å²) in [6, 6.07) is 7.44. The molecule has 1 saturated heterocycles. The second kappa shape index (κ2) is 7.50. The number of piperidine rings is 1. The molecule has 1 aliphatic heterocycles. The zero-order chi connectivity index (χ0) is 15.1. The Labute approximate surface area is 126 Å². The average molecular weight is 308 g/mol. The van der Waals surface area contributed by atoms with Gasteiger partial charge in [-0.15, -0.1) is 0 Å². The molecule has 0 N–H and O–H groups in total. The van der Waals surface area contributed by atoms with Gasteiger partial charge in [-0.25, -0.2) is 0 Å². The second-order valence-corrected chi connectivity index (χ2v) is 6.96. The molecule has 0 aliphatic carbocycles. The summed E-state index contributed by atoms with van der Waals surface area (Å²) < 4.78 is 28.3. The topological polar surface area (TPSA) is 77.3 Å². The molecule has 0 bridgehead atoms. The van der Waals surface area contributed by atoms with Gasteiger partial charge in [-0.3, -0.25) is 4.98 Å². The van der Waals surface area contributed by atoms with Crippen LogP contribution in [0.3, 0.4) is 0 Å². The van der Waals surface area contributed by atoms with Gasteiger partial charge in [0.05, 0.1) is 18.3 Å². The predicted molar refractivity (Wildman–Crippen MR) is 79.2 cm³/mol. The minimum atomic E-state index is -3.52. The highest BCUT2D eigenvalue weighted by Crippen LogP contribution is 2.18. The molecule has 6 nitrogen and oxygen atoms in total. The van der Waals surface area contributed by atoms with Crippen molar-refractivity contribution in [3.05, 3.63) is 30.1 Å². The van der Waals surface area contributed by atoms with Crippen LogP contribution in [-0.4, -0.2) is 41.6 Å². The molecule has 0 spiro atoms. The molecular formula is C14H20N4O2S. The second-order valence-electron chi connectivity index (χ2n) is 5.03. The van der Waals surface area contributed by atoms with Crippen LogP contribution in [0, 0.1) is 11.3 Å². The van der Waals surface area contributed by atoms with Gasteiger partial charge in [-0.05, 0) is 25.0 Å². The summed E-state index contributed by atoms with van der Waals surface area (Å²) in [5.41, 5.74) is 0.691. The van der Waals surface area contributed by atoms with E-state index in [4.69, 9.17) is 5.26 Å². The van der Waals surface area contributed by atoms with Crippen LogP contribution in [0.1, 0.15) is 31.4 Å². The van der Waals surface area contributed by atoms with Crippen molar-refractivity contribution in [1.29, 1.82) is 5.26 Å². The van der Waals surface area contributed by atoms with Crippen LogP contribution in [-0.2, 0) is 16.8 Å². The van der Waals surface area contributed by atoms with Crippen LogP contribution >= 0.6 is 0 Å². The molecule has 7 heteroatoms. The van der Waals surface area contributed by atoms with Crippen LogP contribution in [0.4, 0.5) is 0 Å². The van der Waals surface area contributed by atoms with Crippen molar-refractivity contribution < 1.29 is 8.42 Å². The summed E-state index contributed by atoms with van der Waals surface area (Å²) in [5, 5.41) is 8.76. The summed E-state index contributed by atoms with van der Waals surface area (Å²) in [7, 11) is -3.52. The third kappa shape index (κ3) is 4.24. The van der Waals surface area contributed by atoms with Crippen molar-refractivity contribution in [2.24, 2.45) is 0 Å². The third-order valence-corrected chi connectivity index (χ3v) is 5.49. The Hall–Kier alpha value is -1.49. The number of rotatable bonds is 6. The molecule has 2 heterocycles. The van der Waals surface area contributed by atoms with Crippen LogP contribution < -0.4 is 0 Å². The van der Waals surface area contributed by atoms with E-state index in [2.05, 4.69) is 4.98 Å². The van der Waals surface area contributed by atoms with Gasteiger partial charge in [0.2, 0.25) is 0 Å². The quantitative estimate of drug-likeness (QED) is 0.798. The van der Waals surface area contributed by atoms with Gasteiger partial charge >= 0.3 is 0 Å². The van der Waals surface area contributed by atoms with E-state index in [0.717, 1.165) is 19.3 Å². The number of aromatic nitrogens is 1. The minimum absolute atomic E-state index is 0.180. The van der Waals surface area contributed by atoms with Gasteiger partial charge in [0.1, 0.15) is 0 Å². The number of hydrogen-bond acceptors (Lipinski definition) is 4. The lowest BCUT2D eigenvalue weighted by atomic mass is 10.2. The maximum atomic E-state index is 12.7. The first-order valence-corrected chi connectivity index (χ1v) is 8.56. The fraction of sp³-hybridized carbons (Fsp3) is 0.571. The van der Waals surface area contributed by atoms with Crippen LogP contribution in [0.2, 0.25) is 0 Å². The molecule has 0 saturated carbocycles. The molecule has 0 aromatic carbocycles. The highest BCUT2D eigenvalue weighted by Gasteiger charge is 2.30. The normalized spacial score (nSPS) is 16.8. The number of pyridine rings is 1. The van der Waals surface area contributed by atoms with Gasteiger partial charge in [0, 0.05) is 32.3 Å². The van der Waals surface area contributed by atoms with Crippen molar-refractivity contribution in [3.8, 4) is 6.07 Å². The molecule has 1 aromatic heterocycles. The highest BCUT2D eigenvalue weighted by atomic mass is 32.2. The van der Waals surface area contributed by atoms with Gasteiger partial charge in [0.25, 0.3) is 10.2 Å². The molecule has 0 unspecified atom stereocenters. The van der Waals surface area contributed by atoms with Gasteiger partial charge in [-0.1, -0.05) is 12.5 Å². The maximum Gasteiger partial charge on any atom is 0.282 e. The van der Waals surface area contributed by atoms with E-state index in [-0.39, 0.29) is 19.5 Å². The monoisotopic (exact) mass is 308 g/mol. The van der Waals surface area contributed by atoms with Gasteiger partial charge in [-0.2, -0.15) is 22.3 Å². The average Bonchev–Trinajstić information content (AvgIpc) is 2.53. The lowest BCUT2D eigenvalue weighted by molar-refractivity contribution is 0.300. The van der Waals surface area contributed by atoms with Crippen molar-refractivity contribution >= 4 is 10.2 Å². The first kappa shape index (κ1) is 15.9. The smallest absolute Gasteiger partial charge is 0.260 e. The summed E-state index contributed by atoms with van der Waals surface area (Å²) in [5.74, 6) is 0.